The summed E-state index contributed by atoms with van der Waals surface area (Å²) in [6, 6.07) is 11.2. The van der Waals surface area contributed by atoms with Crippen molar-refractivity contribution in [1.82, 2.24) is 4.90 Å². The fraction of sp³-hybridized carbons (Fsp3) is 0.471. The standard InChI is InChI=1S/C17H20N4O/c18-11-14-5-7-16(8-6-14)20-17(22)4-2-10-21-9-1-3-15(12-19)13-21/h5-8,15H,1-4,9-10,13H2,(H,20,22)/t15-/m0/s1. The van der Waals surface area contributed by atoms with Crippen LogP contribution in [0.15, 0.2) is 24.3 Å². The van der Waals surface area contributed by atoms with Crippen LogP contribution < -0.4 is 5.32 Å². The van der Waals surface area contributed by atoms with E-state index in [2.05, 4.69) is 16.3 Å². The lowest BCUT2D eigenvalue weighted by Crippen LogP contribution is -2.35. The fourth-order valence-corrected chi connectivity index (χ4v) is 2.68. The second-order valence-corrected chi connectivity index (χ2v) is 5.61. The van der Waals surface area contributed by atoms with E-state index in [4.69, 9.17) is 10.5 Å². The molecule has 1 saturated heterocycles. The maximum Gasteiger partial charge on any atom is 0.224 e. The summed E-state index contributed by atoms with van der Waals surface area (Å²) in [6.45, 7) is 2.71. The second kappa shape index (κ2) is 8.17. The van der Waals surface area contributed by atoms with Gasteiger partial charge in [-0.25, -0.2) is 0 Å². The number of nitriles is 2. The van der Waals surface area contributed by atoms with E-state index in [9.17, 15) is 4.79 Å². The van der Waals surface area contributed by atoms with Gasteiger partial charge in [-0.1, -0.05) is 0 Å². The molecule has 1 aliphatic heterocycles. The van der Waals surface area contributed by atoms with Crippen LogP contribution in [0.4, 0.5) is 5.69 Å². The summed E-state index contributed by atoms with van der Waals surface area (Å²) in [5, 5.41) is 20.5. The van der Waals surface area contributed by atoms with Crippen LogP contribution in [-0.4, -0.2) is 30.4 Å². The van der Waals surface area contributed by atoms with E-state index < -0.39 is 0 Å². The van der Waals surface area contributed by atoms with Gasteiger partial charge in [-0.05, 0) is 56.6 Å². The van der Waals surface area contributed by atoms with Crippen molar-refractivity contribution < 1.29 is 4.79 Å². The number of hydrogen-bond acceptors (Lipinski definition) is 4. The minimum atomic E-state index is -0.0152. The van der Waals surface area contributed by atoms with E-state index in [0.29, 0.717) is 17.7 Å². The average Bonchev–Trinajstić information content (AvgIpc) is 2.56. The molecule has 114 valence electrons. The third-order valence-electron chi connectivity index (χ3n) is 3.86. The maximum absolute atomic E-state index is 11.9. The first-order chi connectivity index (χ1) is 10.7. The highest BCUT2D eigenvalue weighted by atomic mass is 16.1. The molecule has 5 nitrogen and oxygen atoms in total. The van der Waals surface area contributed by atoms with Crippen molar-refractivity contribution in [3.05, 3.63) is 29.8 Å². The number of carbonyl (C=O) groups excluding carboxylic acids is 1. The van der Waals surface area contributed by atoms with E-state index in [0.717, 1.165) is 38.9 Å². The van der Waals surface area contributed by atoms with E-state index in [1.807, 2.05) is 6.07 Å². The Morgan fingerprint density at radius 2 is 2.09 bits per heavy atom. The molecule has 1 aliphatic rings. The molecule has 1 aromatic rings. The highest BCUT2D eigenvalue weighted by molar-refractivity contribution is 5.90. The summed E-state index contributed by atoms with van der Waals surface area (Å²) in [5.74, 6) is 0.125. The first-order valence-corrected chi connectivity index (χ1v) is 7.63. The molecular weight excluding hydrogens is 276 g/mol. The third-order valence-corrected chi connectivity index (χ3v) is 3.86. The number of amides is 1. The number of hydrogen-bond donors (Lipinski definition) is 1. The first-order valence-electron chi connectivity index (χ1n) is 7.63. The minimum absolute atomic E-state index is 0.0152. The molecule has 1 amide bonds. The quantitative estimate of drug-likeness (QED) is 0.905. The summed E-state index contributed by atoms with van der Waals surface area (Å²) < 4.78 is 0. The molecule has 1 atom stereocenters. The number of rotatable bonds is 5. The molecule has 1 N–H and O–H groups in total. The van der Waals surface area contributed by atoms with Crippen molar-refractivity contribution in [2.75, 3.05) is 25.0 Å². The Labute approximate surface area is 131 Å². The zero-order valence-electron chi connectivity index (χ0n) is 12.6. The molecule has 22 heavy (non-hydrogen) atoms. The topological polar surface area (TPSA) is 79.9 Å². The van der Waals surface area contributed by atoms with Gasteiger partial charge in [0, 0.05) is 18.7 Å². The zero-order chi connectivity index (χ0) is 15.8. The summed E-state index contributed by atoms with van der Waals surface area (Å²) in [4.78, 5) is 14.2. The Morgan fingerprint density at radius 1 is 1.32 bits per heavy atom. The van der Waals surface area contributed by atoms with Crippen molar-refractivity contribution in [3.8, 4) is 12.1 Å². The predicted octanol–water partition coefficient (Wildman–Crippen LogP) is 2.51. The van der Waals surface area contributed by atoms with Gasteiger partial charge in [0.2, 0.25) is 5.91 Å². The highest BCUT2D eigenvalue weighted by Crippen LogP contribution is 2.16. The van der Waals surface area contributed by atoms with Crippen molar-refractivity contribution in [3.63, 3.8) is 0 Å². The van der Waals surface area contributed by atoms with E-state index in [1.165, 1.54) is 0 Å². The molecule has 0 unspecified atom stereocenters. The van der Waals surface area contributed by atoms with Crippen LogP contribution in [0.25, 0.3) is 0 Å². The van der Waals surface area contributed by atoms with Crippen LogP contribution in [0.1, 0.15) is 31.2 Å². The second-order valence-electron chi connectivity index (χ2n) is 5.61. The molecule has 5 heteroatoms. The zero-order valence-corrected chi connectivity index (χ0v) is 12.6. The molecule has 0 bridgehead atoms. The van der Waals surface area contributed by atoms with Gasteiger partial charge in [0.15, 0.2) is 0 Å². The van der Waals surface area contributed by atoms with Gasteiger partial charge in [0.1, 0.15) is 0 Å². The monoisotopic (exact) mass is 296 g/mol. The summed E-state index contributed by atoms with van der Waals surface area (Å²) >= 11 is 0. The van der Waals surface area contributed by atoms with Crippen LogP contribution in [0.3, 0.4) is 0 Å². The Bertz CT molecular complexity index is 582. The Morgan fingerprint density at radius 3 is 2.77 bits per heavy atom. The molecule has 0 saturated carbocycles. The maximum atomic E-state index is 11.9. The van der Waals surface area contributed by atoms with Crippen molar-refractivity contribution in [2.24, 2.45) is 5.92 Å². The lowest BCUT2D eigenvalue weighted by atomic mass is 9.99. The van der Waals surface area contributed by atoms with Crippen molar-refractivity contribution in [1.29, 1.82) is 10.5 Å². The van der Waals surface area contributed by atoms with Crippen LogP contribution in [0.5, 0.6) is 0 Å². The number of carbonyl (C=O) groups is 1. The molecule has 0 aliphatic carbocycles. The normalized spacial score (nSPS) is 18.2. The number of likely N-dealkylation sites (tertiary alicyclic amines) is 1. The van der Waals surface area contributed by atoms with Crippen LogP contribution >= 0.6 is 0 Å². The van der Waals surface area contributed by atoms with Crippen LogP contribution in [0.2, 0.25) is 0 Å². The van der Waals surface area contributed by atoms with Gasteiger partial charge in [0.05, 0.1) is 23.6 Å². The molecule has 0 radical (unpaired) electrons. The number of nitrogens with one attached hydrogen (secondary N) is 1. The van der Waals surface area contributed by atoms with Crippen LogP contribution in [0, 0.1) is 28.6 Å². The number of nitrogens with zero attached hydrogens (tertiary/aromatic N) is 3. The molecule has 1 fully saturated rings. The first kappa shape index (κ1) is 16.0. The third kappa shape index (κ3) is 4.87. The largest absolute Gasteiger partial charge is 0.326 e. The predicted molar refractivity (Wildman–Crippen MR) is 83.8 cm³/mol. The average molecular weight is 296 g/mol. The van der Waals surface area contributed by atoms with E-state index in [1.54, 1.807) is 24.3 Å². The van der Waals surface area contributed by atoms with Gasteiger partial charge in [-0.15, -0.1) is 0 Å². The number of anilines is 1. The van der Waals surface area contributed by atoms with Crippen LogP contribution in [-0.2, 0) is 4.79 Å². The van der Waals surface area contributed by atoms with Gasteiger partial charge >= 0.3 is 0 Å². The Balaban J connectivity index is 1.69. The smallest absolute Gasteiger partial charge is 0.224 e. The lowest BCUT2D eigenvalue weighted by molar-refractivity contribution is -0.116. The SMILES string of the molecule is N#Cc1ccc(NC(=O)CCCN2CCC[C@@H](C#N)C2)cc1. The fourth-order valence-electron chi connectivity index (χ4n) is 2.68. The highest BCUT2D eigenvalue weighted by Gasteiger charge is 2.18. The number of benzene rings is 1. The van der Waals surface area contributed by atoms with E-state index >= 15 is 0 Å². The molecular formula is C17H20N4O. The van der Waals surface area contributed by atoms with Crippen molar-refractivity contribution >= 4 is 11.6 Å². The van der Waals surface area contributed by atoms with Gasteiger partial charge in [-0.3, -0.25) is 4.79 Å². The molecule has 1 aromatic carbocycles. The van der Waals surface area contributed by atoms with E-state index in [-0.39, 0.29) is 11.8 Å². The molecule has 0 aromatic heterocycles. The summed E-state index contributed by atoms with van der Waals surface area (Å²) in [5.41, 5.74) is 1.29. The van der Waals surface area contributed by atoms with Gasteiger partial charge in [0.25, 0.3) is 0 Å². The Hall–Kier alpha value is -2.37. The van der Waals surface area contributed by atoms with Gasteiger partial charge in [-0.2, -0.15) is 10.5 Å². The summed E-state index contributed by atoms with van der Waals surface area (Å²) in [6.07, 6.45) is 3.32. The van der Waals surface area contributed by atoms with Gasteiger partial charge < -0.3 is 10.2 Å². The summed E-state index contributed by atoms with van der Waals surface area (Å²) in [7, 11) is 0. The lowest BCUT2D eigenvalue weighted by Gasteiger charge is -2.29. The molecule has 1 heterocycles. The molecule has 0 spiro atoms. The minimum Gasteiger partial charge on any atom is -0.326 e. The Kier molecular flexibility index (Phi) is 5.94. The van der Waals surface area contributed by atoms with Crippen molar-refractivity contribution in [2.45, 2.75) is 25.7 Å². The number of piperidine rings is 1. The molecule has 2 rings (SSSR count).